The Bertz CT molecular complexity index is 1410. The molecule has 2 heterocycles. The number of benzene rings is 2. The molecule has 0 bridgehead atoms. The number of anilines is 1. The van der Waals surface area contributed by atoms with Crippen molar-refractivity contribution in [1.82, 2.24) is 14.3 Å². The van der Waals surface area contributed by atoms with Crippen LogP contribution in [-0.4, -0.2) is 34.5 Å². The van der Waals surface area contributed by atoms with Gasteiger partial charge < -0.3 is 19.4 Å². The Balaban J connectivity index is 1.78. The molecular weight excluding hydrogens is 432 g/mol. The molecule has 0 saturated heterocycles. The molecule has 8 heteroatoms. The number of carbonyl (C=O) groups excluding carboxylic acids is 1. The molecule has 1 amide bonds. The minimum Gasteiger partial charge on any atom is -0.497 e. The molecule has 2 aromatic heterocycles. The van der Waals surface area contributed by atoms with Gasteiger partial charge in [0.25, 0.3) is 5.56 Å². The number of nitrogens with one attached hydrogen (secondary N) is 1. The van der Waals surface area contributed by atoms with Crippen LogP contribution in [0.4, 0.5) is 5.69 Å². The van der Waals surface area contributed by atoms with Crippen molar-refractivity contribution in [3.8, 4) is 17.2 Å². The van der Waals surface area contributed by atoms with Crippen LogP contribution < -0.4 is 20.3 Å². The van der Waals surface area contributed by atoms with Gasteiger partial charge in [-0.15, -0.1) is 0 Å². The number of amides is 1. The van der Waals surface area contributed by atoms with Gasteiger partial charge in [-0.3, -0.25) is 9.59 Å². The van der Waals surface area contributed by atoms with Crippen LogP contribution >= 0.6 is 0 Å². The molecule has 34 heavy (non-hydrogen) atoms. The zero-order valence-corrected chi connectivity index (χ0v) is 20.0. The van der Waals surface area contributed by atoms with Gasteiger partial charge in [0.15, 0.2) is 0 Å². The maximum atomic E-state index is 13.4. The van der Waals surface area contributed by atoms with E-state index in [-0.39, 0.29) is 11.5 Å². The molecular formula is C26H28N4O4. The van der Waals surface area contributed by atoms with Gasteiger partial charge in [-0.05, 0) is 44.5 Å². The topological polar surface area (TPSA) is 87.4 Å². The SMILES string of the molecule is CC[C@@H](C(=O)Nc1cc(OC)ccc1OC)n1c(C)c2cnn(-c3ccccc3)c(=O)c2c1C. The van der Waals surface area contributed by atoms with Crippen molar-refractivity contribution in [2.45, 2.75) is 33.2 Å². The summed E-state index contributed by atoms with van der Waals surface area (Å²) in [6.45, 7) is 5.72. The van der Waals surface area contributed by atoms with Gasteiger partial charge in [0.05, 0.1) is 37.2 Å². The molecule has 4 aromatic rings. The summed E-state index contributed by atoms with van der Waals surface area (Å²) >= 11 is 0. The van der Waals surface area contributed by atoms with Crippen molar-refractivity contribution in [3.05, 3.63) is 76.5 Å². The van der Waals surface area contributed by atoms with Crippen LogP contribution in [0.1, 0.15) is 30.8 Å². The Morgan fingerprint density at radius 1 is 1.06 bits per heavy atom. The summed E-state index contributed by atoms with van der Waals surface area (Å²) in [7, 11) is 3.11. The first-order valence-corrected chi connectivity index (χ1v) is 11.1. The molecule has 0 unspecified atom stereocenters. The van der Waals surface area contributed by atoms with Crippen molar-refractivity contribution < 1.29 is 14.3 Å². The zero-order valence-electron chi connectivity index (χ0n) is 20.0. The van der Waals surface area contributed by atoms with E-state index in [2.05, 4.69) is 10.4 Å². The molecule has 0 saturated carbocycles. The first-order chi connectivity index (χ1) is 16.4. The van der Waals surface area contributed by atoms with Crippen molar-refractivity contribution >= 4 is 22.4 Å². The number of carbonyl (C=O) groups is 1. The monoisotopic (exact) mass is 460 g/mol. The van der Waals surface area contributed by atoms with E-state index < -0.39 is 6.04 Å². The summed E-state index contributed by atoms with van der Waals surface area (Å²) in [4.78, 5) is 26.8. The third kappa shape index (κ3) is 3.91. The van der Waals surface area contributed by atoms with Crippen LogP contribution in [0.25, 0.3) is 16.5 Å². The Kier molecular flexibility index (Phi) is 6.40. The van der Waals surface area contributed by atoms with E-state index in [1.165, 1.54) is 4.68 Å². The number of ether oxygens (including phenoxy) is 2. The molecule has 0 aliphatic rings. The Morgan fingerprint density at radius 3 is 2.44 bits per heavy atom. The molecule has 0 aliphatic heterocycles. The fourth-order valence-corrected chi connectivity index (χ4v) is 4.41. The summed E-state index contributed by atoms with van der Waals surface area (Å²) in [5.41, 5.74) is 2.54. The van der Waals surface area contributed by atoms with Crippen molar-refractivity contribution in [1.29, 1.82) is 0 Å². The number of fused-ring (bicyclic) bond motifs is 1. The van der Waals surface area contributed by atoms with Crippen LogP contribution in [0.15, 0.2) is 59.5 Å². The lowest BCUT2D eigenvalue weighted by atomic mass is 10.1. The van der Waals surface area contributed by atoms with E-state index in [4.69, 9.17) is 9.47 Å². The molecule has 0 aliphatic carbocycles. The predicted octanol–water partition coefficient (Wildman–Crippen LogP) is 4.41. The summed E-state index contributed by atoms with van der Waals surface area (Å²) in [5.74, 6) is 0.928. The number of para-hydroxylation sites is 1. The summed E-state index contributed by atoms with van der Waals surface area (Å²) in [6.07, 6.45) is 2.22. The predicted molar refractivity (Wildman–Crippen MR) is 132 cm³/mol. The smallest absolute Gasteiger partial charge is 0.281 e. The highest BCUT2D eigenvalue weighted by molar-refractivity contribution is 5.96. The number of aryl methyl sites for hydroxylation is 2. The van der Waals surface area contributed by atoms with Gasteiger partial charge in [-0.2, -0.15) is 9.78 Å². The molecule has 176 valence electrons. The fraction of sp³-hybridized carbons (Fsp3) is 0.269. The Labute approximate surface area is 197 Å². The standard InChI is InChI=1S/C26H28N4O4/c1-6-22(25(31)28-21-14-19(33-4)12-13-23(21)34-5)29-16(2)20-15-27-30(18-10-8-7-9-11-18)26(32)24(20)17(29)3/h7-15,22H,6H2,1-5H3,(H,28,31)/t22-/m0/s1. The molecule has 8 nitrogen and oxygen atoms in total. The first kappa shape index (κ1) is 23.1. The second kappa shape index (κ2) is 9.43. The van der Waals surface area contributed by atoms with Crippen LogP contribution in [0.2, 0.25) is 0 Å². The summed E-state index contributed by atoms with van der Waals surface area (Å²) in [6, 6.07) is 14.0. The fourth-order valence-electron chi connectivity index (χ4n) is 4.41. The van der Waals surface area contributed by atoms with Gasteiger partial charge in [-0.1, -0.05) is 25.1 Å². The van der Waals surface area contributed by atoms with Crippen molar-refractivity contribution in [2.24, 2.45) is 0 Å². The van der Waals surface area contributed by atoms with Gasteiger partial charge in [0.2, 0.25) is 5.91 Å². The van der Waals surface area contributed by atoms with Crippen LogP contribution in [-0.2, 0) is 4.79 Å². The maximum Gasteiger partial charge on any atom is 0.281 e. The normalized spacial score (nSPS) is 11.9. The minimum absolute atomic E-state index is 0.211. The molecule has 4 rings (SSSR count). The number of hydrogen-bond acceptors (Lipinski definition) is 5. The van der Waals surface area contributed by atoms with Crippen LogP contribution in [0.3, 0.4) is 0 Å². The minimum atomic E-state index is -0.534. The van der Waals surface area contributed by atoms with E-state index in [0.717, 1.165) is 16.8 Å². The molecule has 0 spiro atoms. The van der Waals surface area contributed by atoms with E-state index in [9.17, 15) is 9.59 Å². The Morgan fingerprint density at radius 2 is 1.79 bits per heavy atom. The van der Waals surface area contributed by atoms with E-state index in [1.807, 2.05) is 55.7 Å². The highest BCUT2D eigenvalue weighted by Crippen LogP contribution is 2.32. The molecule has 1 N–H and O–H groups in total. The average Bonchev–Trinajstić information content (AvgIpc) is 3.11. The third-order valence-corrected chi connectivity index (χ3v) is 6.12. The second-order valence-electron chi connectivity index (χ2n) is 8.01. The second-order valence-corrected chi connectivity index (χ2v) is 8.01. The number of rotatable bonds is 7. The van der Waals surface area contributed by atoms with E-state index in [0.29, 0.717) is 34.7 Å². The van der Waals surface area contributed by atoms with Gasteiger partial charge in [0.1, 0.15) is 17.5 Å². The quantitative estimate of drug-likeness (QED) is 0.441. The lowest BCUT2D eigenvalue weighted by Gasteiger charge is -2.21. The number of aromatic nitrogens is 3. The van der Waals surface area contributed by atoms with Crippen molar-refractivity contribution in [3.63, 3.8) is 0 Å². The number of hydrogen-bond donors (Lipinski definition) is 1. The molecule has 0 fully saturated rings. The number of methoxy groups -OCH3 is 2. The van der Waals surface area contributed by atoms with Crippen molar-refractivity contribution in [2.75, 3.05) is 19.5 Å². The molecule has 0 radical (unpaired) electrons. The molecule has 2 aromatic carbocycles. The molecule has 1 atom stereocenters. The van der Waals surface area contributed by atoms with Crippen LogP contribution in [0.5, 0.6) is 11.5 Å². The highest BCUT2D eigenvalue weighted by atomic mass is 16.5. The maximum absolute atomic E-state index is 13.4. The highest BCUT2D eigenvalue weighted by Gasteiger charge is 2.26. The van der Waals surface area contributed by atoms with Gasteiger partial charge >= 0.3 is 0 Å². The Hall–Kier alpha value is -4.07. The largest absolute Gasteiger partial charge is 0.497 e. The average molecular weight is 461 g/mol. The van der Waals surface area contributed by atoms with Gasteiger partial charge in [-0.25, -0.2) is 0 Å². The zero-order chi connectivity index (χ0) is 24.4. The lowest BCUT2D eigenvalue weighted by molar-refractivity contribution is -0.119. The van der Waals surface area contributed by atoms with Gasteiger partial charge in [0, 0.05) is 22.8 Å². The van der Waals surface area contributed by atoms with E-state index >= 15 is 0 Å². The van der Waals surface area contributed by atoms with E-state index in [1.54, 1.807) is 38.6 Å². The summed E-state index contributed by atoms with van der Waals surface area (Å²) < 4.78 is 14.0. The lowest BCUT2D eigenvalue weighted by Crippen LogP contribution is -2.27. The summed E-state index contributed by atoms with van der Waals surface area (Å²) in [5, 5.41) is 8.66. The third-order valence-electron chi connectivity index (χ3n) is 6.12. The van der Waals surface area contributed by atoms with Crippen LogP contribution in [0, 0.1) is 13.8 Å². The number of nitrogens with zero attached hydrogens (tertiary/aromatic N) is 3. The first-order valence-electron chi connectivity index (χ1n) is 11.1.